The Morgan fingerprint density at radius 2 is 1.78 bits per heavy atom. The van der Waals surface area contributed by atoms with E-state index < -0.39 is 39.6 Å². The van der Waals surface area contributed by atoms with Gasteiger partial charge in [-0.1, -0.05) is 28.1 Å². The fourth-order valence-corrected chi connectivity index (χ4v) is 4.62. The lowest BCUT2D eigenvalue weighted by atomic mass is 10.0. The molecule has 0 aliphatic carbocycles. The first-order valence-electron chi connectivity index (χ1n) is 11.5. The molecule has 4 rings (SSSR count). The molecule has 0 saturated heterocycles. The van der Waals surface area contributed by atoms with E-state index in [9.17, 15) is 35.7 Å². The number of benzene rings is 2. The molecule has 2 heterocycles. The van der Waals surface area contributed by atoms with Crippen LogP contribution >= 0.6 is 27.3 Å². The number of pyridine rings is 1. The van der Waals surface area contributed by atoms with Gasteiger partial charge in [0.15, 0.2) is 11.4 Å². The zero-order valence-corrected chi connectivity index (χ0v) is 23.0. The molecule has 6 N–H and O–H groups in total. The monoisotopic (exact) mass is 638 g/mol. The van der Waals surface area contributed by atoms with Crippen molar-refractivity contribution >= 4 is 61.9 Å². The van der Waals surface area contributed by atoms with Crippen LogP contribution in [0, 0.1) is 21.7 Å². The molecule has 3 atom stereocenters. The number of anilines is 1. The Bertz CT molecular complexity index is 1620. The fraction of sp³-hybridized carbons (Fsp3) is 0.0400. The molecule has 0 fully saturated rings. The quantitative estimate of drug-likeness (QED) is 0.116. The number of halogens is 1. The predicted molar refractivity (Wildman–Crippen MR) is 149 cm³/mol. The van der Waals surface area contributed by atoms with Crippen molar-refractivity contribution < 1.29 is 30.5 Å². The van der Waals surface area contributed by atoms with Gasteiger partial charge in [-0.05, 0) is 30.3 Å². The first kappa shape index (κ1) is 29.5. The van der Waals surface area contributed by atoms with Crippen LogP contribution in [0.2, 0.25) is 0 Å². The van der Waals surface area contributed by atoms with E-state index >= 15 is 0 Å². The van der Waals surface area contributed by atoms with E-state index in [4.69, 9.17) is 0 Å². The van der Waals surface area contributed by atoms with Gasteiger partial charge in [-0.15, -0.1) is 11.3 Å². The van der Waals surface area contributed by atoms with Crippen molar-refractivity contribution in [1.29, 1.82) is 5.26 Å². The first-order valence-corrected chi connectivity index (χ1v) is 13.2. The minimum Gasteiger partial charge on any atom is -0.595 e. The molecule has 4 aromatic rings. The highest BCUT2D eigenvalue weighted by Crippen LogP contribution is 2.29. The maximum atomic E-state index is 13.5. The molecule has 2 aromatic heterocycles. The number of hydrogen-bond donors (Lipinski definition) is 6. The number of hydrogen-bond acceptors (Lipinski definition) is 11. The van der Waals surface area contributed by atoms with E-state index in [-0.39, 0.29) is 21.9 Å². The van der Waals surface area contributed by atoms with Crippen molar-refractivity contribution in [2.24, 2.45) is 5.10 Å². The highest BCUT2D eigenvalue weighted by molar-refractivity contribution is 9.10. The van der Waals surface area contributed by atoms with Gasteiger partial charge in [0.05, 0.1) is 17.8 Å². The summed E-state index contributed by atoms with van der Waals surface area (Å²) in [6, 6.07) is 15.2. The summed E-state index contributed by atoms with van der Waals surface area (Å²) >= 11 is 4.46. The average Bonchev–Trinajstić information content (AvgIpc) is 3.45. The molecule has 0 saturated carbocycles. The number of thiazole rings is 1. The topological polar surface area (TPSA) is 216 Å². The van der Waals surface area contributed by atoms with Crippen LogP contribution in [0.15, 0.2) is 81.9 Å². The SMILES string of the molecule is N#CC(/C(=N\NC(=O)c1ccncc1)C(=O)Nc1ccc([NH+]([O-])O)cc1[NH+]([O-])O)c1nc(-c2ccc(Br)cc2)cs1. The van der Waals surface area contributed by atoms with Crippen molar-refractivity contribution in [3.8, 4) is 17.3 Å². The van der Waals surface area contributed by atoms with Gasteiger partial charge in [-0.2, -0.15) is 20.8 Å². The van der Waals surface area contributed by atoms with E-state index in [1.165, 1.54) is 24.5 Å². The molecule has 16 heteroatoms. The molecule has 0 spiro atoms. The number of nitrogens with one attached hydrogen (secondary N) is 4. The lowest BCUT2D eigenvalue weighted by molar-refractivity contribution is -0.996. The third-order valence-electron chi connectivity index (χ3n) is 5.51. The Morgan fingerprint density at radius 3 is 2.41 bits per heavy atom. The van der Waals surface area contributed by atoms with Gasteiger partial charge in [0.2, 0.25) is 0 Å². The highest BCUT2D eigenvalue weighted by atomic mass is 79.9. The van der Waals surface area contributed by atoms with Crippen LogP contribution in [0.5, 0.6) is 0 Å². The molecule has 41 heavy (non-hydrogen) atoms. The second kappa shape index (κ2) is 13.3. The smallest absolute Gasteiger partial charge is 0.273 e. The number of rotatable bonds is 9. The van der Waals surface area contributed by atoms with Crippen molar-refractivity contribution in [3.63, 3.8) is 0 Å². The molecule has 3 unspecified atom stereocenters. The number of carbonyl (C=O) groups excluding carboxylic acids is 2. The molecule has 0 aliphatic rings. The molecule has 0 aliphatic heterocycles. The summed E-state index contributed by atoms with van der Waals surface area (Å²) in [4.78, 5) is 34.4. The average molecular weight is 639 g/mol. The predicted octanol–water partition coefficient (Wildman–Crippen LogP) is 1.81. The largest absolute Gasteiger partial charge is 0.595 e. The lowest BCUT2D eigenvalue weighted by Crippen LogP contribution is -3.00. The van der Waals surface area contributed by atoms with Crippen LogP contribution in [-0.4, -0.2) is 37.9 Å². The van der Waals surface area contributed by atoms with Crippen molar-refractivity contribution in [2.45, 2.75) is 5.92 Å². The Hall–Kier alpha value is -4.44. The number of nitrogens with zero attached hydrogens (tertiary/aromatic N) is 4. The van der Waals surface area contributed by atoms with Crippen molar-refractivity contribution in [1.82, 2.24) is 15.4 Å². The molecule has 0 radical (unpaired) electrons. The standard InChI is InChI=1S/C25H19BrN8O6S/c26-16-3-1-14(2-4-16)20-13-41-25(30-20)18(12-27)22(31-32-23(35)15-7-9-28-10-8-15)24(36)29-19-6-5-17(33(37)38)11-21(19)34(39)40/h1-11,13,18,33-34,37,39H,(H,29,36)(H,32,35)/b31-22+. The van der Waals surface area contributed by atoms with E-state index in [2.05, 4.69) is 41.7 Å². The third kappa shape index (κ3) is 7.20. The van der Waals surface area contributed by atoms with E-state index in [1.807, 2.05) is 30.3 Å². The van der Waals surface area contributed by atoms with Crippen LogP contribution in [0.4, 0.5) is 17.1 Å². The Kier molecular flexibility index (Phi) is 9.57. The van der Waals surface area contributed by atoms with E-state index in [0.29, 0.717) is 5.69 Å². The van der Waals surface area contributed by atoms with E-state index in [0.717, 1.165) is 39.6 Å². The maximum absolute atomic E-state index is 13.5. The Balaban J connectivity index is 1.70. The number of carbonyl (C=O) groups is 2. The summed E-state index contributed by atoms with van der Waals surface area (Å²) in [6.07, 6.45) is 2.77. The van der Waals surface area contributed by atoms with Gasteiger partial charge in [0, 0.05) is 39.4 Å². The first-order chi connectivity index (χ1) is 19.7. The maximum Gasteiger partial charge on any atom is 0.273 e. The molecule has 0 bridgehead atoms. The number of aromatic nitrogens is 2. The minimum absolute atomic E-state index is 0.182. The summed E-state index contributed by atoms with van der Waals surface area (Å²) in [5.74, 6) is -3.08. The van der Waals surface area contributed by atoms with E-state index in [1.54, 1.807) is 5.38 Å². The van der Waals surface area contributed by atoms with Crippen LogP contribution in [-0.2, 0) is 4.79 Å². The lowest BCUT2D eigenvalue weighted by Gasteiger charge is -2.19. The summed E-state index contributed by atoms with van der Waals surface area (Å²) in [6.45, 7) is 0. The summed E-state index contributed by atoms with van der Waals surface area (Å²) in [5.41, 5.74) is 2.18. The number of quaternary nitrogens is 2. The second-order valence-corrected chi connectivity index (χ2v) is 9.94. The Morgan fingerprint density at radius 1 is 1.07 bits per heavy atom. The van der Waals surface area contributed by atoms with Gasteiger partial charge < -0.3 is 15.7 Å². The Labute approximate surface area is 244 Å². The summed E-state index contributed by atoms with van der Waals surface area (Å²) in [5, 5.41) is 57.3. The summed E-state index contributed by atoms with van der Waals surface area (Å²) < 4.78 is 0.861. The molecule has 14 nitrogen and oxygen atoms in total. The van der Waals surface area contributed by atoms with Gasteiger partial charge in [-0.25, -0.2) is 20.8 Å². The van der Waals surface area contributed by atoms with Crippen molar-refractivity contribution in [3.05, 3.63) is 97.8 Å². The van der Waals surface area contributed by atoms with Crippen molar-refractivity contribution in [2.75, 3.05) is 5.32 Å². The van der Waals surface area contributed by atoms with Crippen LogP contribution in [0.1, 0.15) is 21.3 Å². The van der Waals surface area contributed by atoms with Crippen LogP contribution in [0.25, 0.3) is 11.3 Å². The van der Waals surface area contributed by atoms with Gasteiger partial charge >= 0.3 is 0 Å². The van der Waals surface area contributed by atoms with Crippen LogP contribution in [0.3, 0.4) is 0 Å². The fourth-order valence-electron chi connectivity index (χ4n) is 3.48. The zero-order chi connectivity index (χ0) is 29.5. The van der Waals surface area contributed by atoms with Gasteiger partial charge in [0.1, 0.15) is 22.3 Å². The molecule has 208 valence electrons. The van der Waals surface area contributed by atoms with Gasteiger partial charge in [-0.3, -0.25) is 14.6 Å². The number of amides is 2. The molecule has 2 aromatic carbocycles. The molecular formula is C25H19BrN8O6S. The number of hydrazone groups is 1. The molecule has 2 amide bonds. The van der Waals surface area contributed by atoms with Crippen LogP contribution < -0.4 is 21.2 Å². The second-order valence-electron chi connectivity index (χ2n) is 8.14. The highest BCUT2D eigenvalue weighted by Gasteiger charge is 2.30. The zero-order valence-electron chi connectivity index (χ0n) is 20.6. The third-order valence-corrected chi connectivity index (χ3v) is 6.95. The number of nitriles is 1. The molecular weight excluding hydrogens is 620 g/mol. The minimum atomic E-state index is -1.50. The van der Waals surface area contributed by atoms with Gasteiger partial charge in [0.25, 0.3) is 11.8 Å². The summed E-state index contributed by atoms with van der Waals surface area (Å²) in [7, 11) is 0. The normalized spacial score (nSPS) is 13.5.